The second-order valence-corrected chi connectivity index (χ2v) is 4.97. The molecule has 18 heavy (non-hydrogen) atoms. The minimum atomic E-state index is -0.175. The van der Waals surface area contributed by atoms with Crippen LogP contribution in [0.15, 0.2) is 18.2 Å². The van der Waals surface area contributed by atoms with E-state index in [1.54, 1.807) is 11.0 Å². The zero-order chi connectivity index (χ0) is 13.1. The van der Waals surface area contributed by atoms with E-state index >= 15 is 0 Å². The molecule has 1 heterocycles. The first-order chi connectivity index (χ1) is 8.61. The Labute approximate surface area is 112 Å². The molecule has 0 saturated carbocycles. The predicted molar refractivity (Wildman–Crippen MR) is 72.0 cm³/mol. The van der Waals surface area contributed by atoms with Crippen LogP contribution in [0.25, 0.3) is 0 Å². The zero-order valence-electron chi connectivity index (χ0n) is 10.3. The van der Waals surface area contributed by atoms with Gasteiger partial charge in [0.1, 0.15) is 0 Å². The van der Waals surface area contributed by atoms with E-state index in [9.17, 15) is 9.90 Å². The van der Waals surface area contributed by atoms with Gasteiger partial charge in [-0.15, -0.1) is 0 Å². The van der Waals surface area contributed by atoms with Crippen molar-refractivity contribution in [3.63, 3.8) is 0 Å². The number of aliphatic hydroxyl groups is 1. The van der Waals surface area contributed by atoms with Crippen LogP contribution < -0.4 is 5.32 Å². The molecule has 0 aliphatic carbocycles. The number of nitrogens with one attached hydrogen (secondary N) is 1. The van der Waals surface area contributed by atoms with Gasteiger partial charge in [0.05, 0.1) is 12.6 Å². The molecule has 1 unspecified atom stereocenters. The highest BCUT2D eigenvalue weighted by atomic mass is 35.5. The van der Waals surface area contributed by atoms with Crippen molar-refractivity contribution < 1.29 is 9.90 Å². The molecular formula is C13H17ClN2O2. The number of halogens is 1. The first-order valence-corrected chi connectivity index (χ1v) is 6.44. The smallest absolute Gasteiger partial charge is 0.322 e. The predicted octanol–water partition coefficient (Wildman–Crippen LogP) is 2.64. The van der Waals surface area contributed by atoms with Gasteiger partial charge >= 0.3 is 6.03 Å². The summed E-state index contributed by atoms with van der Waals surface area (Å²) in [5, 5.41) is 12.6. The highest BCUT2D eigenvalue weighted by Gasteiger charge is 2.27. The van der Waals surface area contributed by atoms with E-state index in [2.05, 4.69) is 5.32 Å². The highest BCUT2D eigenvalue weighted by Crippen LogP contribution is 2.22. The summed E-state index contributed by atoms with van der Waals surface area (Å²) in [7, 11) is 0. The van der Waals surface area contributed by atoms with E-state index in [0.29, 0.717) is 17.3 Å². The monoisotopic (exact) mass is 268 g/mol. The minimum absolute atomic E-state index is 0.0159. The van der Waals surface area contributed by atoms with Crippen molar-refractivity contribution in [2.45, 2.75) is 25.8 Å². The lowest BCUT2D eigenvalue weighted by Gasteiger charge is -2.23. The van der Waals surface area contributed by atoms with Gasteiger partial charge in [0.2, 0.25) is 0 Å². The summed E-state index contributed by atoms with van der Waals surface area (Å²) < 4.78 is 0. The van der Waals surface area contributed by atoms with Gasteiger partial charge in [-0.1, -0.05) is 17.7 Å². The summed E-state index contributed by atoms with van der Waals surface area (Å²) in [5.41, 5.74) is 1.66. The Hall–Kier alpha value is -1.26. The number of likely N-dealkylation sites (tertiary alicyclic amines) is 1. The lowest BCUT2D eigenvalue weighted by molar-refractivity contribution is 0.166. The van der Waals surface area contributed by atoms with Crippen molar-refractivity contribution in [3.8, 4) is 0 Å². The van der Waals surface area contributed by atoms with Crippen molar-refractivity contribution in [2.24, 2.45) is 0 Å². The first kappa shape index (κ1) is 13.2. The fourth-order valence-electron chi connectivity index (χ4n) is 2.16. The summed E-state index contributed by atoms with van der Waals surface area (Å²) >= 11 is 6.01. The van der Waals surface area contributed by atoms with Crippen LogP contribution in [0.1, 0.15) is 18.4 Å². The molecule has 0 radical (unpaired) electrons. The van der Waals surface area contributed by atoms with E-state index < -0.39 is 0 Å². The lowest BCUT2D eigenvalue weighted by atomic mass is 10.2. The van der Waals surface area contributed by atoms with E-state index in [0.717, 1.165) is 18.4 Å². The van der Waals surface area contributed by atoms with E-state index in [1.807, 2.05) is 19.1 Å². The number of aliphatic hydroxyl groups excluding tert-OH is 1. The molecule has 1 atom stereocenters. The number of carbonyl (C=O) groups excluding carboxylic acids is 1. The van der Waals surface area contributed by atoms with Gasteiger partial charge in [0.25, 0.3) is 0 Å². The lowest BCUT2D eigenvalue weighted by Crippen LogP contribution is -2.40. The molecule has 1 aliphatic heterocycles. The number of hydrogen-bond donors (Lipinski definition) is 2. The largest absolute Gasteiger partial charge is 0.394 e. The maximum atomic E-state index is 12.0. The van der Waals surface area contributed by atoms with Crippen LogP contribution in [-0.2, 0) is 0 Å². The number of nitrogens with zero attached hydrogens (tertiary/aromatic N) is 1. The molecule has 2 rings (SSSR count). The summed E-state index contributed by atoms with van der Waals surface area (Å²) in [6, 6.07) is 5.19. The number of anilines is 1. The highest BCUT2D eigenvalue weighted by molar-refractivity contribution is 6.31. The van der Waals surface area contributed by atoms with Gasteiger partial charge in [-0.3, -0.25) is 0 Å². The molecule has 0 bridgehead atoms. The molecule has 4 nitrogen and oxygen atoms in total. The third-order valence-corrected chi connectivity index (χ3v) is 3.68. The van der Waals surface area contributed by atoms with Crippen molar-refractivity contribution in [2.75, 3.05) is 18.5 Å². The van der Waals surface area contributed by atoms with Crippen LogP contribution >= 0.6 is 11.6 Å². The van der Waals surface area contributed by atoms with Gasteiger partial charge in [-0.25, -0.2) is 4.79 Å². The van der Waals surface area contributed by atoms with Gasteiger partial charge in [0.15, 0.2) is 0 Å². The minimum Gasteiger partial charge on any atom is -0.394 e. The summed E-state index contributed by atoms with van der Waals surface area (Å²) in [6.07, 6.45) is 1.80. The standard InChI is InChI=1S/C13H17ClN2O2/c1-9-4-5-10(7-12(9)14)15-13(18)16-6-2-3-11(16)8-17/h4-5,7,11,17H,2-3,6,8H2,1H3,(H,15,18). The Kier molecular flexibility index (Phi) is 4.09. The van der Waals surface area contributed by atoms with Crippen LogP contribution in [0.3, 0.4) is 0 Å². The number of carbonyl (C=O) groups is 1. The quantitative estimate of drug-likeness (QED) is 0.866. The van der Waals surface area contributed by atoms with Crippen LogP contribution in [0.5, 0.6) is 0 Å². The van der Waals surface area contributed by atoms with Crippen LogP contribution in [0.2, 0.25) is 5.02 Å². The topological polar surface area (TPSA) is 52.6 Å². The van der Waals surface area contributed by atoms with Gasteiger partial charge in [-0.05, 0) is 37.5 Å². The van der Waals surface area contributed by atoms with Gasteiger partial charge < -0.3 is 15.3 Å². The SMILES string of the molecule is Cc1ccc(NC(=O)N2CCCC2CO)cc1Cl. The molecule has 2 N–H and O–H groups in total. The van der Waals surface area contributed by atoms with Crippen molar-refractivity contribution in [1.82, 2.24) is 4.90 Å². The summed E-state index contributed by atoms with van der Waals surface area (Å²) in [5.74, 6) is 0. The molecular weight excluding hydrogens is 252 g/mol. The Morgan fingerprint density at radius 1 is 1.61 bits per heavy atom. The van der Waals surface area contributed by atoms with Crippen molar-refractivity contribution >= 4 is 23.3 Å². The Morgan fingerprint density at radius 3 is 3.06 bits per heavy atom. The second kappa shape index (κ2) is 5.59. The Bertz CT molecular complexity index is 451. The molecule has 1 aromatic rings. The molecule has 5 heteroatoms. The fourth-order valence-corrected chi connectivity index (χ4v) is 2.34. The number of benzene rings is 1. The molecule has 1 aromatic carbocycles. The third kappa shape index (κ3) is 2.76. The first-order valence-electron chi connectivity index (χ1n) is 6.06. The van der Waals surface area contributed by atoms with E-state index in [-0.39, 0.29) is 18.7 Å². The Balaban J connectivity index is 2.04. The number of rotatable bonds is 2. The maximum absolute atomic E-state index is 12.0. The van der Waals surface area contributed by atoms with Crippen LogP contribution in [-0.4, -0.2) is 35.2 Å². The van der Waals surface area contributed by atoms with E-state index in [4.69, 9.17) is 11.6 Å². The molecule has 1 saturated heterocycles. The molecule has 98 valence electrons. The van der Waals surface area contributed by atoms with Crippen LogP contribution in [0.4, 0.5) is 10.5 Å². The number of aryl methyl sites for hydroxylation is 1. The summed E-state index contributed by atoms with van der Waals surface area (Å²) in [6.45, 7) is 2.62. The number of hydrogen-bond acceptors (Lipinski definition) is 2. The average molecular weight is 269 g/mol. The third-order valence-electron chi connectivity index (χ3n) is 3.27. The Morgan fingerprint density at radius 2 is 2.39 bits per heavy atom. The normalized spacial score (nSPS) is 19.1. The molecule has 1 fully saturated rings. The zero-order valence-corrected chi connectivity index (χ0v) is 11.1. The van der Waals surface area contributed by atoms with Gasteiger partial charge in [-0.2, -0.15) is 0 Å². The maximum Gasteiger partial charge on any atom is 0.322 e. The number of urea groups is 1. The average Bonchev–Trinajstić information content (AvgIpc) is 2.82. The van der Waals surface area contributed by atoms with Crippen molar-refractivity contribution in [1.29, 1.82) is 0 Å². The fraction of sp³-hybridized carbons (Fsp3) is 0.462. The molecule has 0 spiro atoms. The molecule has 0 aromatic heterocycles. The van der Waals surface area contributed by atoms with Crippen molar-refractivity contribution in [3.05, 3.63) is 28.8 Å². The van der Waals surface area contributed by atoms with E-state index in [1.165, 1.54) is 0 Å². The second-order valence-electron chi connectivity index (χ2n) is 4.57. The molecule has 1 aliphatic rings. The van der Waals surface area contributed by atoms with Gasteiger partial charge in [0, 0.05) is 17.3 Å². The summed E-state index contributed by atoms with van der Waals surface area (Å²) in [4.78, 5) is 13.7. The number of amides is 2. The van der Waals surface area contributed by atoms with Crippen LogP contribution in [0, 0.1) is 6.92 Å². The molecule has 2 amide bonds.